The Morgan fingerprint density at radius 2 is 2.00 bits per heavy atom. The zero-order valence-electron chi connectivity index (χ0n) is 15.5. The number of carbonyl (C=O) groups excluding carboxylic acids is 1. The molecule has 140 valence electrons. The molecule has 0 atom stereocenters. The second kappa shape index (κ2) is 7.70. The molecule has 1 aliphatic rings. The van der Waals surface area contributed by atoms with Crippen molar-refractivity contribution in [2.45, 2.75) is 26.3 Å². The van der Waals surface area contributed by atoms with E-state index in [2.05, 4.69) is 14.9 Å². The molecule has 1 saturated heterocycles. The van der Waals surface area contributed by atoms with Crippen molar-refractivity contribution in [3.63, 3.8) is 0 Å². The number of anilines is 1. The minimum Gasteiger partial charge on any atom is -0.464 e. The predicted molar refractivity (Wildman–Crippen MR) is 104 cm³/mol. The highest BCUT2D eigenvalue weighted by Gasteiger charge is 2.23. The SMILES string of the molecule is Cc1nccn1CC1CCN(C(=O)Nc2ccc(-c3ccco3)cc2)CC1. The quantitative estimate of drug-likeness (QED) is 0.746. The number of piperidine rings is 1. The van der Waals surface area contributed by atoms with E-state index in [0.29, 0.717) is 5.92 Å². The third-order valence-corrected chi connectivity index (χ3v) is 5.22. The number of aromatic nitrogens is 2. The molecule has 0 spiro atoms. The molecule has 0 radical (unpaired) electrons. The Balaban J connectivity index is 1.29. The van der Waals surface area contributed by atoms with Gasteiger partial charge in [0.05, 0.1) is 6.26 Å². The van der Waals surface area contributed by atoms with Gasteiger partial charge in [-0.3, -0.25) is 0 Å². The first-order valence-corrected chi connectivity index (χ1v) is 9.36. The molecule has 2 amide bonds. The first kappa shape index (κ1) is 17.4. The molecule has 0 aliphatic carbocycles. The van der Waals surface area contributed by atoms with Gasteiger partial charge in [-0.1, -0.05) is 0 Å². The summed E-state index contributed by atoms with van der Waals surface area (Å²) in [5.74, 6) is 2.46. The number of benzene rings is 1. The van der Waals surface area contributed by atoms with Gasteiger partial charge in [0.15, 0.2) is 0 Å². The van der Waals surface area contributed by atoms with Crippen LogP contribution in [0.2, 0.25) is 0 Å². The maximum absolute atomic E-state index is 12.5. The monoisotopic (exact) mass is 364 g/mol. The number of hydrogen-bond acceptors (Lipinski definition) is 3. The number of amides is 2. The molecule has 3 aromatic rings. The smallest absolute Gasteiger partial charge is 0.321 e. The number of likely N-dealkylation sites (tertiary alicyclic amines) is 1. The molecule has 0 saturated carbocycles. The van der Waals surface area contributed by atoms with Crippen molar-refractivity contribution in [2.24, 2.45) is 5.92 Å². The molecule has 0 unspecified atom stereocenters. The van der Waals surface area contributed by atoms with E-state index in [0.717, 1.165) is 55.3 Å². The van der Waals surface area contributed by atoms with Gasteiger partial charge in [-0.05, 0) is 62.1 Å². The molecule has 1 aromatic carbocycles. The van der Waals surface area contributed by atoms with Crippen molar-refractivity contribution in [2.75, 3.05) is 18.4 Å². The van der Waals surface area contributed by atoms with Crippen molar-refractivity contribution < 1.29 is 9.21 Å². The third-order valence-electron chi connectivity index (χ3n) is 5.22. The molecule has 1 N–H and O–H groups in total. The van der Waals surface area contributed by atoms with E-state index in [1.54, 1.807) is 6.26 Å². The van der Waals surface area contributed by atoms with Crippen molar-refractivity contribution in [1.82, 2.24) is 14.5 Å². The molecule has 4 rings (SSSR count). The van der Waals surface area contributed by atoms with Crippen LogP contribution < -0.4 is 5.32 Å². The molecule has 6 heteroatoms. The van der Waals surface area contributed by atoms with Crippen LogP contribution >= 0.6 is 0 Å². The molecular weight excluding hydrogens is 340 g/mol. The van der Waals surface area contributed by atoms with Crippen LogP contribution in [0.4, 0.5) is 10.5 Å². The first-order valence-electron chi connectivity index (χ1n) is 9.36. The zero-order chi connectivity index (χ0) is 18.6. The summed E-state index contributed by atoms with van der Waals surface area (Å²) in [6.45, 7) is 4.58. The van der Waals surface area contributed by atoms with Crippen LogP contribution in [0.5, 0.6) is 0 Å². The fraction of sp³-hybridized carbons (Fsp3) is 0.333. The lowest BCUT2D eigenvalue weighted by Crippen LogP contribution is -2.41. The summed E-state index contributed by atoms with van der Waals surface area (Å²) < 4.78 is 7.58. The van der Waals surface area contributed by atoms with Gasteiger partial charge in [0.2, 0.25) is 0 Å². The Morgan fingerprint density at radius 1 is 1.22 bits per heavy atom. The summed E-state index contributed by atoms with van der Waals surface area (Å²) in [4.78, 5) is 18.7. The first-order chi connectivity index (χ1) is 13.2. The van der Waals surface area contributed by atoms with Gasteiger partial charge >= 0.3 is 6.03 Å². The normalized spacial score (nSPS) is 15.1. The van der Waals surface area contributed by atoms with E-state index >= 15 is 0 Å². The van der Waals surface area contributed by atoms with Gasteiger partial charge in [-0.2, -0.15) is 0 Å². The van der Waals surface area contributed by atoms with Crippen molar-refractivity contribution in [1.29, 1.82) is 0 Å². The number of imidazole rings is 1. The number of carbonyl (C=O) groups is 1. The van der Waals surface area contributed by atoms with Crippen molar-refractivity contribution in [3.05, 3.63) is 60.9 Å². The van der Waals surface area contributed by atoms with E-state index < -0.39 is 0 Å². The average molecular weight is 364 g/mol. The van der Waals surface area contributed by atoms with E-state index in [1.807, 2.05) is 60.6 Å². The second-order valence-electron chi connectivity index (χ2n) is 7.04. The topological polar surface area (TPSA) is 63.3 Å². The summed E-state index contributed by atoms with van der Waals surface area (Å²) in [6, 6.07) is 11.5. The Bertz CT molecular complexity index is 875. The molecule has 6 nitrogen and oxygen atoms in total. The number of hydrogen-bond donors (Lipinski definition) is 1. The van der Waals surface area contributed by atoms with Gasteiger partial charge in [-0.25, -0.2) is 9.78 Å². The molecule has 2 aromatic heterocycles. The molecule has 1 fully saturated rings. The van der Waals surface area contributed by atoms with Gasteiger partial charge in [-0.15, -0.1) is 0 Å². The summed E-state index contributed by atoms with van der Waals surface area (Å²) in [7, 11) is 0. The van der Waals surface area contributed by atoms with Crippen molar-refractivity contribution >= 4 is 11.7 Å². The predicted octanol–water partition coefficient (Wildman–Crippen LogP) is 4.40. The van der Waals surface area contributed by atoms with E-state index in [-0.39, 0.29) is 6.03 Å². The highest BCUT2D eigenvalue weighted by Crippen LogP contribution is 2.23. The minimum absolute atomic E-state index is 0.0296. The molecular formula is C21H24N4O2. The standard InChI is InChI=1S/C21H24N4O2/c1-16-22-10-13-25(16)15-17-8-11-24(12-9-17)21(26)23-19-6-4-18(5-7-19)20-3-2-14-27-20/h2-7,10,13-14,17H,8-9,11-12,15H2,1H3,(H,23,26). The maximum atomic E-state index is 12.5. The maximum Gasteiger partial charge on any atom is 0.321 e. The largest absolute Gasteiger partial charge is 0.464 e. The van der Waals surface area contributed by atoms with Crippen LogP contribution in [-0.4, -0.2) is 33.6 Å². The summed E-state index contributed by atoms with van der Waals surface area (Å²) in [6.07, 6.45) is 7.56. The lowest BCUT2D eigenvalue weighted by atomic mass is 9.97. The second-order valence-corrected chi connectivity index (χ2v) is 7.04. The molecule has 0 bridgehead atoms. The Hall–Kier alpha value is -3.02. The van der Waals surface area contributed by atoms with Crippen LogP contribution in [0.25, 0.3) is 11.3 Å². The van der Waals surface area contributed by atoms with Crippen LogP contribution in [0.15, 0.2) is 59.5 Å². The molecule has 1 aliphatic heterocycles. The number of nitrogens with one attached hydrogen (secondary N) is 1. The van der Waals surface area contributed by atoms with Crippen LogP contribution in [-0.2, 0) is 6.54 Å². The van der Waals surface area contributed by atoms with Gasteiger partial charge in [0.1, 0.15) is 11.6 Å². The van der Waals surface area contributed by atoms with Crippen LogP contribution in [0, 0.1) is 12.8 Å². The molecule has 27 heavy (non-hydrogen) atoms. The van der Waals surface area contributed by atoms with Gasteiger partial charge in [0, 0.05) is 43.3 Å². The lowest BCUT2D eigenvalue weighted by Gasteiger charge is -2.32. The number of nitrogens with zero attached hydrogens (tertiary/aromatic N) is 3. The van der Waals surface area contributed by atoms with E-state index in [1.165, 1.54) is 0 Å². The Kier molecular flexibility index (Phi) is 4.96. The number of furan rings is 1. The number of rotatable bonds is 4. The van der Waals surface area contributed by atoms with Crippen LogP contribution in [0.3, 0.4) is 0 Å². The lowest BCUT2D eigenvalue weighted by molar-refractivity contribution is 0.176. The summed E-state index contributed by atoms with van der Waals surface area (Å²) >= 11 is 0. The molecule has 3 heterocycles. The number of aryl methyl sites for hydroxylation is 1. The zero-order valence-corrected chi connectivity index (χ0v) is 15.5. The highest BCUT2D eigenvalue weighted by atomic mass is 16.3. The van der Waals surface area contributed by atoms with Gasteiger partial charge in [0.25, 0.3) is 0 Å². The fourth-order valence-corrected chi connectivity index (χ4v) is 3.56. The van der Waals surface area contributed by atoms with Crippen LogP contribution in [0.1, 0.15) is 18.7 Å². The highest BCUT2D eigenvalue weighted by molar-refractivity contribution is 5.89. The van der Waals surface area contributed by atoms with E-state index in [4.69, 9.17) is 4.42 Å². The fourth-order valence-electron chi connectivity index (χ4n) is 3.56. The Morgan fingerprint density at radius 3 is 2.63 bits per heavy atom. The Labute approximate surface area is 158 Å². The van der Waals surface area contributed by atoms with Gasteiger partial charge < -0.3 is 19.2 Å². The van der Waals surface area contributed by atoms with E-state index in [9.17, 15) is 4.79 Å². The number of urea groups is 1. The summed E-state index contributed by atoms with van der Waals surface area (Å²) in [5.41, 5.74) is 1.79. The third kappa shape index (κ3) is 4.05. The van der Waals surface area contributed by atoms with Crippen molar-refractivity contribution in [3.8, 4) is 11.3 Å². The average Bonchev–Trinajstić information content (AvgIpc) is 3.36. The summed E-state index contributed by atoms with van der Waals surface area (Å²) in [5, 5.41) is 2.99. The minimum atomic E-state index is -0.0296.